The molecule has 354 valence electrons. The topological polar surface area (TPSA) is 397 Å². The number of nitrogens with one attached hydrogen (secondary N) is 1. The largest absolute Gasteiger partial charge is 0.508 e. The number of aliphatic hydroxyl groups is 9. The minimum atomic E-state index is -3.03. The first kappa shape index (κ1) is 51.2. The quantitative estimate of drug-likeness (QED) is 0.0384. The highest BCUT2D eigenvalue weighted by Crippen LogP contribution is 2.38. The van der Waals surface area contributed by atoms with Crippen molar-refractivity contribution in [1.82, 2.24) is 5.32 Å². The molecule has 62 heavy (non-hydrogen) atoms. The number of hydrogen-bond acceptors (Lipinski definition) is 22. The second kappa shape index (κ2) is 23.5. The Bertz CT molecular complexity index is 1570. The second-order valence-electron chi connectivity index (χ2n) is 15.4. The number of nitrogens with two attached hydrogens (primary N) is 1. The van der Waals surface area contributed by atoms with Crippen molar-refractivity contribution in [2.75, 3.05) is 33.5 Å². The van der Waals surface area contributed by atoms with Gasteiger partial charge in [0.05, 0.1) is 39.1 Å². The summed E-state index contributed by atoms with van der Waals surface area (Å²) in [6.07, 6.45) is -21.2. The predicted molar refractivity (Wildman–Crippen MR) is 204 cm³/mol. The van der Waals surface area contributed by atoms with E-state index in [4.69, 9.17) is 34.2 Å². The maximum Gasteiger partial charge on any atom is 0.364 e. The molecule has 0 saturated carbocycles. The van der Waals surface area contributed by atoms with Crippen LogP contribution in [0.5, 0.6) is 11.5 Å². The smallest absolute Gasteiger partial charge is 0.364 e. The highest BCUT2D eigenvalue weighted by molar-refractivity contribution is 5.95. The Labute approximate surface area is 355 Å². The van der Waals surface area contributed by atoms with Crippen molar-refractivity contribution in [1.29, 1.82) is 0 Å². The molecule has 24 nitrogen and oxygen atoms in total. The lowest BCUT2D eigenvalue weighted by Crippen LogP contribution is -2.70. The van der Waals surface area contributed by atoms with Crippen LogP contribution in [-0.4, -0.2) is 210 Å². The highest BCUT2D eigenvalue weighted by Gasteiger charge is 2.59. The molecular weight excluding hydrogens is 836 g/mol. The number of ether oxygens (including phenoxy) is 7. The van der Waals surface area contributed by atoms with Gasteiger partial charge in [-0.05, 0) is 25.0 Å². The van der Waals surface area contributed by atoms with Crippen molar-refractivity contribution < 1.29 is 109 Å². The van der Waals surface area contributed by atoms with Gasteiger partial charge in [0.15, 0.2) is 12.6 Å². The fourth-order valence-corrected chi connectivity index (χ4v) is 7.41. The van der Waals surface area contributed by atoms with Crippen LogP contribution in [0.2, 0.25) is 0 Å². The molecular formula is C38H60N2O22. The van der Waals surface area contributed by atoms with E-state index in [0.717, 1.165) is 37.5 Å². The number of hydrogen-bond donors (Lipinski definition) is 14. The third-order valence-corrected chi connectivity index (χ3v) is 10.9. The summed E-state index contributed by atoms with van der Waals surface area (Å²) in [5.41, 5.74) is 5.67. The van der Waals surface area contributed by atoms with Crippen LogP contribution in [-0.2, 0) is 42.7 Å². The van der Waals surface area contributed by atoms with E-state index < -0.39 is 147 Å². The van der Waals surface area contributed by atoms with E-state index in [0.29, 0.717) is 25.7 Å². The number of phenolic OH excluding ortho intramolecular Hbond substituents is 2. The summed E-state index contributed by atoms with van der Waals surface area (Å²) in [5, 5.41) is 129. The van der Waals surface area contributed by atoms with Crippen molar-refractivity contribution in [3.05, 3.63) is 23.8 Å². The number of amides is 1. The molecule has 3 aliphatic heterocycles. The van der Waals surface area contributed by atoms with Crippen molar-refractivity contribution in [2.24, 2.45) is 5.73 Å². The fourth-order valence-electron chi connectivity index (χ4n) is 7.41. The Hall–Kier alpha value is -3.41. The second-order valence-corrected chi connectivity index (χ2v) is 15.4. The third kappa shape index (κ3) is 12.6. The molecule has 1 aromatic rings. The van der Waals surface area contributed by atoms with Gasteiger partial charge in [-0.25, -0.2) is 4.79 Å². The van der Waals surface area contributed by atoms with Crippen molar-refractivity contribution in [2.45, 2.75) is 149 Å². The van der Waals surface area contributed by atoms with Gasteiger partial charge in [0.25, 0.3) is 11.7 Å². The molecule has 1 amide bonds. The maximum atomic E-state index is 13.6. The zero-order valence-electron chi connectivity index (χ0n) is 33.9. The van der Waals surface area contributed by atoms with E-state index in [-0.39, 0.29) is 18.1 Å². The average Bonchev–Trinajstić information content (AvgIpc) is 3.24. The van der Waals surface area contributed by atoms with Crippen LogP contribution in [0.3, 0.4) is 0 Å². The molecule has 0 aromatic heterocycles. The number of carbonyl (C=O) groups excluding carboxylic acids is 2. The van der Waals surface area contributed by atoms with Crippen LogP contribution >= 0.6 is 0 Å². The van der Waals surface area contributed by atoms with Crippen molar-refractivity contribution >= 4 is 17.8 Å². The number of esters is 1. The summed E-state index contributed by atoms with van der Waals surface area (Å²) < 4.78 is 39.4. The van der Waals surface area contributed by atoms with Gasteiger partial charge in [-0.1, -0.05) is 25.7 Å². The van der Waals surface area contributed by atoms with Gasteiger partial charge in [0.2, 0.25) is 0 Å². The van der Waals surface area contributed by atoms with Gasteiger partial charge >= 0.3 is 11.9 Å². The molecule has 15 N–H and O–H groups in total. The lowest BCUT2D eigenvalue weighted by molar-refractivity contribution is -0.380. The number of aromatic hydroxyl groups is 2. The number of aliphatic carboxylic acids is 1. The van der Waals surface area contributed by atoms with Crippen LogP contribution in [0.1, 0.15) is 61.7 Å². The van der Waals surface area contributed by atoms with E-state index >= 15 is 0 Å². The lowest BCUT2D eigenvalue weighted by atomic mass is 9.88. The monoisotopic (exact) mass is 896 g/mol. The zero-order chi connectivity index (χ0) is 45.9. The predicted octanol–water partition coefficient (Wildman–Crippen LogP) is -4.62. The van der Waals surface area contributed by atoms with E-state index in [2.05, 4.69) is 10.1 Å². The summed E-state index contributed by atoms with van der Waals surface area (Å²) in [5.74, 6) is -7.24. The molecule has 0 aliphatic carbocycles. The zero-order valence-corrected chi connectivity index (χ0v) is 33.9. The number of unbranched alkanes of at least 4 members (excludes halogenated alkanes) is 5. The van der Waals surface area contributed by atoms with Crippen LogP contribution in [0.4, 0.5) is 0 Å². The molecule has 3 saturated heterocycles. The number of aliphatic hydroxyl groups excluding tert-OH is 9. The molecule has 0 radical (unpaired) electrons. The number of rotatable bonds is 22. The molecule has 16 atom stereocenters. The number of benzene rings is 1. The van der Waals surface area contributed by atoms with E-state index in [9.17, 15) is 75.7 Å². The number of carboxylic acid groups (broad SMARTS) is 1. The standard InChI is InChI=1S/C38H60N2O22/c1-56-24(48)8-6-4-2-3-5-7-9-57-35-26(40-34(53)17-10-18(44)12-19(45)11-17)32(28(50)22(15-42)58-35)60-36-30(52)33(29(51)23(16-43)59-36)62-38(37(54)55)13-20(46)25(39)31(61-38)27(49)21(47)14-41/h10-12,20-23,25-33,35-36,41-47,49-52H,2-9,13-16,39H2,1H3,(H,40,53)(H,54,55)/t20-,21+,22+,23+,25+,26+,27+,28+,29-,30+,31+,32+,33-,35+,36-,38-/m0/s1. The average molecular weight is 897 g/mol. The number of phenols is 2. The number of carboxylic acids is 1. The molecule has 3 fully saturated rings. The summed E-state index contributed by atoms with van der Waals surface area (Å²) in [4.78, 5) is 37.8. The van der Waals surface area contributed by atoms with Gasteiger partial charge in [-0.15, -0.1) is 0 Å². The maximum absolute atomic E-state index is 13.6. The van der Waals surface area contributed by atoms with Crippen molar-refractivity contribution in [3.63, 3.8) is 0 Å². The van der Waals surface area contributed by atoms with Crippen LogP contribution in [0.15, 0.2) is 18.2 Å². The van der Waals surface area contributed by atoms with Crippen LogP contribution in [0, 0.1) is 0 Å². The Morgan fingerprint density at radius 3 is 2.02 bits per heavy atom. The molecule has 1 aromatic carbocycles. The molecule has 0 unspecified atom stereocenters. The van der Waals surface area contributed by atoms with Crippen molar-refractivity contribution in [3.8, 4) is 11.5 Å². The van der Waals surface area contributed by atoms with Gasteiger partial charge in [-0.2, -0.15) is 0 Å². The molecule has 0 bridgehead atoms. The fraction of sp³-hybridized carbons (Fsp3) is 0.763. The number of methoxy groups -OCH3 is 1. The van der Waals surface area contributed by atoms with Gasteiger partial charge in [-0.3, -0.25) is 9.59 Å². The Kier molecular flexibility index (Phi) is 19.4. The molecule has 3 aliphatic rings. The van der Waals surface area contributed by atoms with E-state index in [1.807, 2.05) is 0 Å². The van der Waals surface area contributed by atoms with E-state index in [1.165, 1.54) is 7.11 Å². The highest BCUT2D eigenvalue weighted by atomic mass is 16.8. The SMILES string of the molecule is COC(=O)CCCCCCCCO[C@@H]1O[C@H](CO)[C@@H](O)[C@H](O[C@@H]2O[C@H](CO)[C@H](O)[C@H](O[C@]3(C(=O)O)C[C@H](O)[C@@H](N)[C@H]([C@H](O)[C@H](O)CO)O3)[C@H]2O)[C@H]1NC(=O)c1cc(O)cc(O)c1. The normalized spacial score (nSPS) is 34.9. The lowest BCUT2D eigenvalue weighted by Gasteiger charge is -2.50. The molecule has 0 spiro atoms. The van der Waals surface area contributed by atoms with Gasteiger partial charge in [0.1, 0.15) is 78.6 Å². The number of carbonyl (C=O) groups is 3. The molecule has 4 rings (SSSR count). The Morgan fingerprint density at radius 2 is 1.44 bits per heavy atom. The summed E-state index contributed by atoms with van der Waals surface area (Å²) in [6, 6.07) is -0.133. The third-order valence-electron chi connectivity index (χ3n) is 10.9. The van der Waals surface area contributed by atoms with E-state index in [1.54, 1.807) is 0 Å². The summed E-state index contributed by atoms with van der Waals surface area (Å²) >= 11 is 0. The summed E-state index contributed by atoms with van der Waals surface area (Å²) in [6.45, 7) is -2.88. The Morgan fingerprint density at radius 1 is 0.855 bits per heavy atom. The molecule has 24 heteroatoms. The first-order valence-electron chi connectivity index (χ1n) is 20.2. The minimum absolute atomic E-state index is 0.00211. The first-order valence-corrected chi connectivity index (χ1v) is 20.2. The van der Waals surface area contributed by atoms with Gasteiger partial charge < -0.3 is 105 Å². The van der Waals surface area contributed by atoms with Crippen LogP contribution < -0.4 is 11.1 Å². The Balaban J connectivity index is 1.61. The van der Waals surface area contributed by atoms with Crippen LogP contribution in [0.25, 0.3) is 0 Å². The molecule has 3 heterocycles. The summed E-state index contributed by atoms with van der Waals surface area (Å²) in [7, 11) is 1.31. The minimum Gasteiger partial charge on any atom is -0.508 e. The first-order chi connectivity index (χ1) is 29.4. The van der Waals surface area contributed by atoms with Gasteiger partial charge in [0, 0.05) is 31.1 Å².